The van der Waals surface area contributed by atoms with E-state index in [1.165, 1.54) is 51.4 Å². The molecule has 0 atom stereocenters. The van der Waals surface area contributed by atoms with Crippen LogP contribution in [-0.2, 0) is 9.47 Å². The van der Waals surface area contributed by atoms with Crippen LogP contribution in [0.15, 0.2) is 12.3 Å². The van der Waals surface area contributed by atoms with Crippen molar-refractivity contribution in [3.05, 3.63) is 12.3 Å². The van der Waals surface area contributed by atoms with Gasteiger partial charge in [-0.25, -0.2) is 0 Å². The first kappa shape index (κ1) is 18.8. The predicted octanol–water partition coefficient (Wildman–Crippen LogP) is 5.97. The van der Waals surface area contributed by atoms with Gasteiger partial charge in [0.25, 0.3) is 0 Å². The van der Waals surface area contributed by atoms with Gasteiger partial charge in [0, 0.05) is 13.2 Å². The van der Waals surface area contributed by atoms with E-state index in [0.29, 0.717) is 0 Å². The molecule has 2 saturated carbocycles. The molecule has 2 rings (SSSR count). The van der Waals surface area contributed by atoms with Crippen molar-refractivity contribution in [2.75, 3.05) is 19.8 Å². The second-order valence-corrected chi connectivity index (χ2v) is 7.75. The maximum atomic E-state index is 5.75. The fourth-order valence-electron chi connectivity index (χ4n) is 4.40. The lowest BCUT2D eigenvalue weighted by Gasteiger charge is -2.37. The monoisotopic (exact) mass is 322 g/mol. The Morgan fingerprint density at radius 2 is 1.35 bits per heavy atom. The molecule has 134 valence electrons. The van der Waals surface area contributed by atoms with E-state index in [9.17, 15) is 0 Å². The molecule has 0 radical (unpaired) electrons. The van der Waals surface area contributed by atoms with Gasteiger partial charge in [-0.3, -0.25) is 0 Å². The number of hydrogen-bond acceptors (Lipinski definition) is 2. The van der Waals surface area contributed by atoms with Gasteiger partial charge in [0.2, 0.25) is 0 Å². The van der Waals surface area contributed by atoms with Crippen LogP contribution in [0.1, 0.15) is 78.1 Å². The molecule has 0 N–H and O–H groups in total. The molecule has 2 aliphatic rings. The Hall–Kier alpha value is -0.500. The van der Waals surface area contributed by atoms with Crippen LogP contribution in [0.3, 0.4) is 0 Å². The number of rotatable bonds is 9. The molecule has 0 aromatic carbocycles. The Morgan fingerprint density at radius 3 is 1.87 bits per heavy atom. The predicted molar refractivity (Wildman–Crippen MR) is 97.4 cm³/mol. The first-order valence-electron chi connectivity index (χ1n) is 10.2. The molecule has 0 unspecified atom stereocenters. The van der Waals surface area contributed by atoms with Gasteiger partial charge in [-0.1, -0.05) is 19.9 Å². The molecular formula is C21H38O2. The average Bonchev–Trinajstić information content (AvgIpc) is 2.60. The minimum absolute atomic E-state index is 0.798. The molecule has 0 aliphatic heterocycles. The summed E-state index contributed by atoms with van der Waals surface area (Å²) in [5.41, 5.74) is 0. The summed E-state index contributed by atoms with van der Waals surface area (Å²) in [5, 5.41) is 0. The molecule has 0 heterocycles. The third-order valence-corrected chi connectivity index (χ3v) is 5.91. The molecule has 0 aromatic rings. The second kappa shape index (κ2) is 11.1. The summed E-state index contributed by atoms with van der Waals surface area (Å²) in [5.74, 6) is 3.63. The van der Waals surface area contributed by atoms with Gasteiger partial charge in [-0.15, -0.1) is 0 Å². The molecule has 0 bridgehead atoms. The molecule has 0 amide bonds. The Balaban J connectivity index is 1.58. The summed E-state index contributed by atoms with van der Waals surface area (Å²) in [4.78, 5) is 0. The lowest BCUT2D eigenvalue weighted by atomic mass is 9.69. The van der Waals surface area contributed by atoms with E-state index in [-0.39, 0.29) is 0 Å². The lowest BCUT2D eigenvalue weighted by molar-refractivity contribution is 0.0615. The summed E-state index contributed by atoms with van der Waals surface area (Å²) in [6, 6.07) is 0. The summed E-state index contributed by atoms with van der Waals surface area (Å²) in [7, 11) is 0. The smallest absolute Gasteiger partial charge is 0.0901 e. The molecule has 2 aliphatic carbocycles. The highest BCUT2D eigenvalue weighted by molar-refractivity contribution is 4.82. The van der Waals surface area contributed by atoms with E-state index in [2.05, 4.69) is 19.9 Å². The highest BCUT2D eigenvalue weighted by atomic mass is 16.5. The molecule has 2 fully saturated rings. The average molecular weight is 323 g/mol. The minimum Gasteiger partial charge on any atom is -0.501 e. The standard InChI is InChI=1S/C21H38O2/c1-3-5-15-23-17-19-8-12-21(13-9-19)20-10-6-18(7-11-20)16-22-14-4-2/h5,15,18-21H,3-4,6-14,16-17H2,1-2H3. The number of ether oxygens (including phenoxy) is 2. The van der Waals surface area contributed by atoms with Crippen LogP contribution in [0, 0.1) is 23.7 Å². The topological polar surface area (TPSA) is 18.5 Å². The zero-order valence-electron chi connectivity index (χ0n) is 15.5. The zero-order chi connectivity index (χ0) is 16.3. The fraction of sp³-hybridized carbons (Fsp3) is 0.905. The van der Waals surface area contributed by atoms with Crippen molar-refractivity contribution in [2.24, 2.45) is 23.7 Å². The Morgan fingerprint density at radius 1 is 0.783 bits per heavy atom. The zero-order valence-corrected chi connectivity index (χ0v) is 15.5. The van der Waals surface area contributed by atoms with Crippen LogP contribution in [0.25, 0.3) is 0 Å². The van der Waals surface area contributed by atoms with E-state index in [1.54, 1.807) is 0 Å². The quantitative estimate of drug-likeness (QED) is 0.385. The molecule has 0 spiro atoms. The Kier molecular flexibility index (Phi) is 9.11. The van der Waals surface area contributed by atoms with Gasteiger partial charge in [-0.05, 0) is 87.9 Å². The summed E-state index contributed by atoms with van der Waals surface area (Å²) in [6.45, 7) is 7.23. The van der Waals surface area contributed by atoms with Crippen molar-refractivity contribution in [2.45, 2.75) is 78.1 Å². The molecule has 0 saturated heterocycles. The van der Waals surface area contributed by atoms with Gasteiger partial charge in [-0.2, -0.15) is 0 Å². The molecule has 23 heavy (non-hydrogen) atoms. The van der Waals surface area contributed by atoms with Crippen LogP contribution in [-0.4, -0.2) is 19.8 Å². The first-order valence-corrected chi connectivity index (χ1v) is 10.2. The Labute approximate surface area is 144 Å². The summed E-state index contributed by atoms with van der Waals surface area (Å²) < 4.78 is 11.4. The van der Waals surface area contributed by atoms with Crippen LogP contribution in [0.5, 0.6) is 0 Å². The molecule has 2 nitrogen and oxygen atoms in total. The third-order valence-electron chi connectivity index (χ3n) is 5.91. The lowest BCUT2D eigenvalue weighted by Crippen LogP contribution is -2.28. The maximum Gasteiger partial charge on any atom is 0.0901 e. The van der Waals surface area contributed by atoms with Gasteiger partial charge in [0.15, 0.2) is 0 Å². The molecule has 0 aromatic heterocycles. The van der Waals surface area contributed by atoms with E-state index >= 15 is 0 Å². The van der Waals surface area contributed by atoms with E-state index < -0.39 is 0 Å². The van der Waals surface area contributed by atoms with Gasteiger partial charge in [0.1, 0.15) is 0 Å². The number of hydrogen-bond donors (Lipinski definition) is 0. The molecule has 2 heteroatoms. The van der Waals surface area contributed by atoms with Crippen LogP contribution in [0.4, 0.5) is 0 Å². The second-order valence-electron chi connectivity index (χ2n) is 7.75. The van der Waals surface area contributed by atoms with Crippen LogP contribution < -0.4 is 0 Å². The van der Waals surface area contributed by atoms with Crippen molar-refractivity contribution in [3.63, 3.8) is 0 Å². The van der Waals surface area contributed by atoms with Crippen molar-refractivity contribution in [1.29, 1.82) is 0 Å². The highest BCUT2D eigenvalue weighted by Crippen LogP contribution is 2.41. The molecular weight excluding hydrogens is 284 g/mol. The van der Waals surface area contributed by atoms with Gasteiger partial charge < -0.3 is 9.47 Å². The van der Waals surface area contributed by atoms with Crippen molar-refractivity contribution >= 4 is 0 Å². The van der Waals surface area contributed by atoms with Gasteiger partial charge >= 0.3 is 0 Å². The highest BCUT2D eigenvalue weighted by Gasteiger charge is 2.30. The van der Waals surface area contributed by atoms with Crippen LogP contribution >= 0.6 is 0 Å². The van der Waals surface area contributed by atoms with E-state index in [1.807, 2.05) is 6.26 Å². The SMILES string of the molecule is CCC=COCC1CCC(C2CCC(COCCC)CC2)CC1. The van der Waals surface area contributed by atoms with Crippen molar-refractivity contribution in [1.82, 2.24) is 0 Å². The number of allylic oxidation sites excluding steroid dienone is 1. The normalized spacial score (nSPS) is 32.3. The maximum absolute atomic E-state index is 5.75. The first-order chi connectivity index (χ1) is 11.3. The van der Waals surface area contributed by atoms with Crippen LogP contribution in [0.2, 0.25) is 0 Å². The van der Waals surface area contributed by atoms with Gasteiger partial charge in [0.05, 0.1) is 12.9 Å². The third kappa shape index (κ3) is 6.87. The van der Waals surface area contributed by atoms with E-state index in [4.69, 9.17) is 9.47 Å². The summed E-state index contributed by atoms with van der Waals surface area (Å²) in [6.07, 6.45) is 17.6. The van der Waals surface area contributed by atoms with Crippen molar-refractivity contribution in [3.8, 4) is 0 Å². The minimum atomic E-state index is 0.798. The summed E-state index contributed by atoms with van der Waals surface area (Å²) >= 11 is 0. The fourth-order valence-corrected chi connectivity index (χ4v) is 4.40. The van der Waals surface area contributed by atoms with E-state index in [0.717, 1.165) is 56.3 Å². The Bertz CT molecular complexity index is 310. The van der Waals surface area contributed by atoms with Crippen molar-refractivity contribution < 1.29 is 9.47 Å². The largest absolute Gasteiger partial charge is 0.501 e.